The van der Waals surface area contributed by atoms with Crippen molar-refractivity contribution < 1.29 is 14.7 Å². The maximum atomic E-state index is 11.8. The van der Waals surface area contributed by atoms with E-state index in [0.29, 0.717) is 25.1 Å². The number of carboxylic acids is 1. The van der Waals surface area contributed by atoms with Crippen molar-refractivity contribution >= 4 is 11.9 Å². The molecule has 6 nitrogen and oxygen atoms in total. The van der Waals surface area contributed by atoms with Gasteiger partial charge in [0.15, 0.2) is 0 Å². The molecule has 0 bridgehead atoms. The summed E-state index contributed by atoms with van der Waals surface area (Å²) in [5.41, 5.74) is 0.393. The fourth-order valence-electron chi connectivity index (χ4n) is 1.79. The van der Waals surface area contributed by atoms with Crippen LogP contribution in [-0.2, 0) is 4.79 Å². The van der Waals surface area contributed by atoms with Gasteiger partial charge in [0.1, 0.15) is 5.56 Å². The Morgan fingerprint density at radius 1 is 1.35 bits per heavy atom. The molecule has 0 aliphatic heterocycles. The number of aromatic amines is 1. The molecule has 0 saturated carbocycles. The minimum Gasteiger partial charge on any atom is -0.481 e. The standard InChI is InChI=1S/C14H20N2O4/c1-9(3-6-12(17)18)7-8-15-13(19)11-5-4-10(2)16-14(11)20/h4-5,9H,3,6-8H2,1-2H3,(H,15,19)(H,16,20)(H,17,18). The summed E-state index contributed by atoms with van der Waals surface area (Å²) >= 11 is 0. The molecule has 0 aromatic carbocycles. The van der Waals surface area contributed by atoms with Gasteiger partial charge in [-0.25, -0.2) is 0 Å². The second-order valence-corrected chi connectivity index (χ2v) is 4.97. The van der Waals surface area contributed by atoms with Crippen LogP contribution in [0, 0.1) is 12.8 Å². The van der Waals surface area contributed by atoms with Gasteiger partial charge in [-0.2, -0.15) is 0 Å². The van der Waals surface area contributed by atoms with Crippen LogP contribution in [0.4, 0.5) is 0 Å². The molecule has 1 unspecified atom stereocenters. The van der Waals surface area contributed by atoms with E-state index >= 15 is 0 Å². The Morgan fingerprint density at radius 3 is 2.65 bits per heavy atom. The third kappa shape index (κ3) is 5.26. The van der Waals surface area contributed by atoms with E-state index in [1.165, 1.54) is 6.07 Å². The first-order valence-electron chi connectivity index (χ1n) is 6.60. The molecule has 0 spiro atoms. The number of aryl methyl sites for hydroxylation is 1. The Labute approximate surface area is 117 Å². The van der Waals surface area contributed by atoms with Crippen molar-refractivity contribution in [3.63, 3.8) is 0 Å². The lowest BCUT2D eigenvalue weighted by atomic mass is 10.0. The quantitative estimate of drug-likeness (QED) is 0.701. The van der Waals surface area contributed by atoms with Gasteiger partial charge >= 0.3 is 5.97 Å². The lowest BCUT2D eigenvalue weighted by Crippen LogP contribution is -2.31. The number of H-pyrrole nitrogens is 1. The number of carbonyl (C=O) groups excluding carboxylic acids is 1. The third-order valence-corrected chi connectivity index (χ3v) is 3.07. The summed E-state index contributed by atoms with van der Waals surface area (Å²) < 4.78 is 0. The smallest absolute Gasteiger partial charge is 0.303 e. The number of hydrogen-bond donors (Lipinski definition) is 3. The highest BCUT2D eigenvalue weighted by atomic mass is 16.4. The van der Waals surface area contributed by atoms with E-state index in [-0.39, 0.29) is 17.9 Å². The van der Waals surface area contributed by atoms with Gasteiger partial charge < -0.3 is 15.4 Å². The summed E-state index contributed by atoms with van der Waals surface area (Å²) in [6, 6.07) is 3.17. The zero-order valence-corrected chi connectivity index (χ0v) is 11.7. The average molecular weight is 280 g/mol. The lowest BCUT2D eigenvalue weighted by molar-refractivity contribution is -0.137. The van der Waals surface area contributed by atoms with Crippen LogP contribution in [0.1, 0.15) is 42.2 Å². The molecule has 0 fully saturated rings. The number of carbonyl (C=O) groups is 2. The highest BCUT2D eigenvalue weighted by molar-refractivity contribution is 5.93. The first-order valence-corrected chi connectivity index (χ1v) is 6.60. The summed E-state index contributed by atoms with van der Waals surface area (Å²) in [5.74, 6) is -1.01. The monoisotopic (exact) mass is 280 g/mol. The number of aliphatic carboxylic acids is 1. The first-order chi connectivity index (χ1) is 9.40. The molecule has 1 heterocycles. The van der Waals surface area contributed by atoms with Crippen molar-refractivity contribution in [3.05, 3.63) is 33.7 Å². The van der Waals surface area contributed by atoms with Crippen molar-refractivity contribution in [2.45, 2.75) is 33.1 Å². The minimum atomic E-state index is -0.813. The summed E-state index contributed by atoms with van der Waals surface area (Å²) in [6.45, 7) is 4.11. The molecule has 0 radical (unpaired) electrons. The predicted octanol–water partition coefficient (Wildman–Crippen LogP) is 1.30. The maximum Gasteiger partial charge on any atom is 0.303 e. The van der Waals surface area contributed by atoms with Crippen LogP contribution in [0.5, 0.6) is 0 Å². The molecule has 1 aromatic heterocycles. The molecule has 1 aromatic rings. The molecular formula is C14H20N2O4. The van der Waals surface area contributed by atoms with Crippen molar-refractivity contribution in [2.24, 2.45) is 5.92 Å². The van der Waals surface area contributed by atoms with Gasteiger partial charge in [0.25, 0.3) is 11.5 Å². The number of rotatable bonds is 7. The summed E-state index contributed by atoms with van der Waals surface area (Å²) in [5, 5.41) is 11.2. The van der Waals surface area contributed by atoms with Crippen LogP contribution in [0.15, 0.2) is 16.9 Å². The van der Waals surface area contributed by atoms with E-state index in [0.717, 1.165) is 0 Å². The fourth-order valence-corrected chi connectivity index (χ4v) is 1.79. The number of nitrogens with one attached hydrogen (secondary N) is 2. The summed E-state index contributed by atoms with van der Waals surface area (Å²) in [4.78, 5) is 36.4. The highest BCUT2D eigenvalue weighted by Crippen LogP contribution is 2.09. The molecule has 6 heteroatoms. The third-order valence-electron chi connectivity index (χ3n) is 3.07. The van der Waals surface area contributed by atoms with Crippen LogP contribution in [0.3, 0.4) is 0 Å². The van der Waals surface area contributed by atoms with Gasteiger partial charge in [-0.05, 0) is 37.8 Å². The number of carboxylic acid groups (broad SMARTS) is 1. The topological polar surface area (TPSA) is 99.3 Å². The van der Waals surface area contributed by atoms with E-state index < -0.39 is 17.4 Å². The molecule has 1 atom stereocenters. The highest BCUT2D eigenvalue weighted by Gasteiger charge is 2.11. The Bertz CT molecular complexity index is 536. The van der Waals surface area contributed by atoms with Gasteiger partial charge in [-0.1, -0.05) is 6.92 Å². The Morgan fingerprint density at radius 2 is 2.05 bits per heavy atom. The lowest BCUT2D eigenvalue weighted by Gasteiger charge is -2.10. The Hall–Kier alpha value is -2.11. The van der Waals surface area contributed by atoms with E-state index in [1.807, 2.05) is 6.92 Å². The normalized spacial score (nSPS) is 11.9. The minimum absolute atomic E-state index is 0.0915. The van der Waals surface area contributed by atoms with E-state index in [4.69, 9.17) is 5.11 Å². The fraction of sp³-hybridized carbons (Fsp3) is 0.500. The Balaban J connectivity index is 2.40. The molecule has 1 amide bonds. The van der Waals surface area contributed by atoms with Gasteiger partial charge in [-0.3, -0.25) is 14.4 Å². The second-order valence-electron chi connectivity index (χ2n) is 4.97. The molecule has 0 aliphatic rings. The largest absolute Gasteiger partial charge is 0.481 e. The number of pyridine rings is 1. The number of amides is 1. The zero-order chi connectivity index (χ0) is 15.1. The molecule has 110 valence electrons. The van der Waals surface area contributed by atoms with Crippen molar-refractivity contribution in [2.75, 3.05) is 6.54 Å². The first kappa shape index (κ1) is 15.9. The van der Waals surface area contributed by atoms with Gasteiger partial charge in [0.05, 0.1) is 0 Å². The van der Waals surface area contributed by atoms with Crippen molar-refractivity contribution in [1.29, 1.82) is 0 Å². The van der Waals surface area contributed by atoms with E-state index in [2.05, 4.69) is 10.3 Å². The van der Waals surface area contributed by atoms with Crippen LogP contribution < -0.4 is 10.9 Å². The van der Waals surface area contributed by atoms with Crippen LogP contribution in [0.25, 0.3) is 0 Å². The van der Waals surface area contributed by atoms with E-state index in [9.17, 15) is 14.4 Å². The van der Waals surface area contributed by atoms with Crippen LogP contribution in [-0.4, -0.2) is 28.5 Å². The molecule has 1 rings (SSSR count). The van der Waals surface area contributed by atoms with Gasteiger partial charge in [-0.15, -0.1) is 0 Å². The zero-order valence-electron chi connectivity index (χ0n) is 11.7. The van der Waals surface area contributed by atoms with Gasteiger partial charge in [0.2, 0.25) is 0 Å². The number of hydrogen-bond acceptors (Lipinski definition) is 3. The van der Waals surface area contributed by atoms with Crippen molar-refractivity contribution in [3.8, 4) is 0 Å². The number of aromatic nitrogens is 1. The molecular weight excluding hydrogens is 260 g/mol. The van der Waals surface area contributed by atoms with Crippen molar-refractivity contribution in [1.82, 2.24) is 10.3 Å². The molecule has 0 aliphatic carbocycles. The summed E-state index contributed by atoms with van der Waals surface area (Å²) in [7, 11) is 0. The van der Waals surface area contributed by atoms with Crippen LogP contribution >= 0.6 is 0 Å². The molecule has 20 heavy (non-hydrogen) atoms. The van der Waals surface area contributed by atoms with Crippen LogP contribution in [0.2, 0.25) is 0 Å². The summed E-state index contributed by atoms with van der Waals surface area (Å²) in [6.07, 6.45) is 1.39. The van der Waals surface area contributed by atoms with E-state index in [1.54, 1.807) is 13.0 Å². The molecule has 3 N–H and O–H groups in total. The van der Waals surface area contributed by atoms with Gasteiger partial charge in [0, 0.05) is 18.7 Å². The average Bonchev–Trinajstić information content (AvgIpc) is 2.36. The molecule has 0 saturated heterocycles. The second kappa shape index (κ2) is 7.47. The predicted molar refractivity (Wildman–Crippen MR) is 74.8 cm³/mol. The maximum absolute atomic E-state index is 11.8. The SMILES string of the molecule is Cc1ccc(C(=O)NCCC(C)CCC(=O)O)c(=O)[nH]1. The Kier molecular flexibility index (Phi) is 5.96.